The zero-order chi connectivity index (χ0) is 25.4. The normalized spacial score (nSPS) is 31.5. The number of rotatable bonds is 3. The van der Waals surface area contributed by atoms with Crippen molar-refractivity contribution in [2.45, 2.75) is 26.2 Å². The Balaban J connectivity index is 1.84. The Bertz CT molecular complexity index is 1140. The molecule has 1 aliphatic heterocycles. The summed E-state index contributed by atoms with van der Waals surface area (Å²) in [5.74, 6) is -2.38. The number of fused-ring (bicyclic) bond motifs is 2. The summed E-state index contributed by atoms with van der Waals surface area (Å²) in [6, 6.07) is 5.60. The number of hydrogen-bond acceptors (Lipinski definition) is 2. The minimum Gasteiger partial charge on any atom is -0.361 e. The quantitative estimate of drug-likeness (QED) is 0.938. The predicted octanol–water partition coefficient (Wildman–Crippen LogP) is 2.91. The number of aromatic nitrogens is 1. The largest absolute Gasteiger partial charge is 0.361 e. The number of hydrogen-bond donors (Lipinski definition) is 1. The molecule has 126 valence electrons. The van der Waals surface area contributed by atoms with Crippen LogP contribution < -0.4 is 0 Å². The Labute approximate surface area is 157 Å². The van der Waals surface area contributed by atoms with Crippen molar-refractivity contribution in [2.75, 3.05) is 26.6 Å². The predicted molar refractivity (Wildman–Crippen MR) is 97.8 cm³/mol. The zero-order valence-corrected chi connectivity index (χ0v) is 13.3. The molecule has 0 unspecified atom stereocenters. The molecule has 1 aromatic carbocycles. The summed E-state index contributed by atoms with van der Waals surface area (Å²) in [5.41, 5.74) is 3.69. The lowest BCUT2D eigenvalue weighted by molar-refractivity contribution is -0.134. The Morgan fingerprint density at radius 3 is 3.08 bits per heavy atom. The van der Waals surface area contributed by atoms with Gasteiger partial charge in [0, 0.05) is 56.4 Å². The van der Waals surface area contributed by atoms with E-state index in [1.54, 1.807) is 13.1 Å². The zero-order valence-electron chi connectivity index (χ0n) is 23.3. The number of nitrogens with one attached hydrogen (secondary N) is 1. The number of H-pyrrole nitrogens is 1. The van der Waals surface area contributed by atoms with Gasteiger partial charge in [0.05, 0.1) is 5.92 Å². The van der Waals surface area contributed by atoms with Gasteiger partial charge in [-0.2, -0.15) is 0 Å². The van der Waals surface area contributed by atoms with Crippen LogP contribution in [-0.2, 0) is 11.2 Å². The van der Waals surface area contributed by atoms with Crippen LogP contribution in [0.15, 0.2) is 30.5 Å². The van der Waals surface area contributed by atoms with Crippen LogP contribution in [0.3, 0.4) is 0 Å². The van der Waals surface area contributed by atoms with Gasteiger partial charge in [0.2, 0.25) is 5.91 Å². The number of likely N-dealkylation sites (N-methyl/N-ethyl adjacent to an activating group) is 1. The number of nitrogens with zero attached hydrogens (tertiary/aromatic N) is 2. The molecule has 0 saturated carbocycles. The van der Waals surface area contributed by atoms with E-state index in [2.05, 4.69) is 4.98 Å². The maximum atomic E-state index is 13.6. The van der Waals surface area contributed by atoms with Gasteiger partial charge in [-0.05, 0) is 49.9 Å². The van der Waals surface area contributed by atoms with Crippen molar-refractivity contribution in [3.8, 4) is 0 Å². The fourth-order valence-corrected chi connectivity index (χ4v) is 3.91. The van der Waals surface area contributed by atoms with E-state index in [1.165, 1.54) is 0 Å². The molecule has 0 spiro atoms. The summed E-state index contributed by atoms with van der Waals surface area (Å²) in [4.78, 5) is 18.5. The van der Waals surface area contributed by atoms with Crippen molar-refractivity contribution in [1.29, 1.82) is 0 Å². The second-order valence-electron chi connectivity index (χ2n) is 6.33. The number of benzene rings is 1. The second kappa shape index (κ2) is 5.78. The van der Waals surface area contributed by atoms with Gasteiger partial charge >= 0.3 is 0 Å². The summed E-state index contributed by atoms with van der Waals surface area (Å²) in [7, 11) is 1.77. The Hall–Kier alpha value is -2.07. The molecule has 0 bridgehead atoms. The van der Waals surface area contributed by atoms with Gasteiger partial charge in [0.15, 0.2) is 0 Å². The summed E-state index contributed by atoms with van der Waals surface area (Å²) < 4.78 is 77.8. The van der Waals surface area contributed by atoms with E-state index in [-0.39, 0.29) is 17.5 Å². The SMILES string of the molecule is [2H]C([2H])([2H])C([2H])([2H])N(C(=O)[C@H]1C=C2c3cccc4[nH]cc(c34)C[C@H]2N(C)C1)C([2H])([2H])C([2H])([2H])[2H]. The molecule has 4 nitrogen and oxygen atoms in total. The maximum absolute atomic E-state index is 13.6. The number of carbonyl (C=O) groups excluding carboxylic acids is 1. The van der Waals surface area contributed by atoms with E-state index in [9.17, 15) is 4.79 Å². The van der Waals surface area contributed by atoms with Crippen molar-refractivity contribution in [2.24, 2.45) is 5.92 Å². The molecule has 0 radical (unpaired) electrons. The molecule has 1 N–H and O–H groups in total. The topological polar surface area (TPSA) is 39.3 Å². The second-order valence-corrected chi connectivity index (χ2v) is 6.33. The molecule has 24 heavy (non-hydrogen) atoms. The van der Waals surface area contributed by atoms with E-state index in [0.29, 0.717) is 6.42 Å². The van der Waals surface area contributed by atoms with Gasteiger partial charge in [0.1, 0.15) is 0 Å². The van der Waals surface area contributed by atoms with Crippen molar-refractivity contribution in [3.63, 3.8) is 0 Å². The minimum atomic E-state index is -3.56. The van der Waals surface area contributed by atoms with E-state index < -0.39 is 38.5 Å². The van der Waals surface area contributed by atoms with Crippen molar-refractivity contribution < 1.29 is 18.5 Å². The molecular formula is C20H25N3O. The average Bonchev–Trinajstić information content (AvgIpc) is 3.11. The molecule has 4 rings (SSSR count). The minimum absolute atomic E-state index is 0.0490. The molecule has 2 heterocycles. The third-order valence-corrected chi connectivity index (χ3v) is 5.03. The van der Waals surface area contributed by atoms with Gasteiger partial charge in [-0.15, -0.1) is 0 Å². The highest BCUT2D eigenvalue weighted by atomic mass is 16.2. The van der Waals surface area contributed by atoms with Crippen LogP contribution >= 0.6 is 0 Å². The van der Waals surface area contributed by atoms with Crippen LogP contribution in [-0.4, -0.2) is 53.3 Å². The van der Waals surface area contributed by atoms with Crippen molar-refractivity contribution in [1.82, 2.24) is 14.8 Å². The van der Waals surface area contributed by atoms with E-state index in [1.807, 2.05) is 29.3 Å². The van der Waals surface area contributed by atoms with Gasteiger partial charge < -0.3 is 9.88 Å². The highest BCUT2D eigenvalue weighted by molar-refractivity contribution is 5.99. The maximum Gasteiger partial charge on any atom is 0.230 e. The number of carbonyl (C=O) groups is 1. The molecule has 1 amide bonds. The molecular weight excluding hydrogens is 298 g/mol. The molecule has 2 atom stereocenters. The van der Waals surface area contributed by atoms with Crippen LogP contribution in [0, 0.1) is 5.92 Å². The van der Waals surface area contributed by atoms with Gasteiger partial charge in [0.25, 0.3) is 0 Å². The van der Waals surface area contributed by atoms with E-state index in [4.69, 9.17) is 13.7 Å². The fraction of sp³-hybridized carbons (Fsp3) is 0.450. The Morgan fingerprint density at radius 1 is 1.46 bits per heavy atom. The third-order valence-electron chi connectivity index (χ3n) is 5.03. The van der Waals surface area contributed by atoms with Gasteiger partial charge in [-0.25, -0.2) is 0 Å². The summed E-state index contributed by atoms with van der Waals surface area (Å²) >= 11 is 0. The van der Waals surface area contributed by atoms with Crippen LogP contribution in [0.25, 0.3) is 16.5 Å². The highest BCUT2D eigenvalue weighted by Gasteiger charge is 2.36. The average molecular weight is 334 g/mol. The molecule has 1 aliphatic carbocycles. The fourth-order valence-electron chi connectivity index (χ4n) is 3.91. The van der Waals surface area contributed by atoms with Gasteiger partial charge in [-0.1, -0.05) is 18.2 Å². The van der Waals surface area contributed by atoms with Gasteiger partial charge in [-0.3, -0.25) is 9.69 Å². The monoisotopic (exact) mass is 333 g/mol. The lowest BCUT2D eigenvalue weighted by atomic mass is 9.79. The number of amides is 1. The first kappa shape index (κ1) is 7.87. The van der Waals surface area contributed by atoms with Crippen LogP contribution in [0.5, 0.6) is 0 Å². The smallest absolute Gasteiger partial charge is 0.230 e. The first-order valence-electron chi connectivity index (χ1n) is 12.8. The summed E-state index contributed by atoms with van der Waals surface area (Å²) in [5, 5.41) is 0.999. The molecule has 0 saturated heterocycles. The van der Waals surface area contributed by atoms with E-state index >= 15 is 0 Å². The molecule has 2 aromatic rings. The molecule has 1 aromatic heterocycles. The number of aromatic amines is 1. The summed E-state index contributed by atoms with van der Waals surface area (Å²) in [6.07, 6.45) is 4.21. The molecule has 2 aliphatic rings. The molecule has 4 heteroatoms. The highest BCUT2D eigenvalue weighted by Crippen LogP contribution is 2.40. The standard InChI is InChI=1S/C20H25N3O/c1-4-23(5-2)20(24)14-9-16-15-7-6-8-17-19(15)13(11-21-17)10-18(16)22(3)12-14/h6-9,11,14,18,21H,4-5,10,12H2,1-3H3/t14-,18+/m0/s1/i1D3,2D3,4D2,5D2. The lowest BCUT2D eigenvalue weighted by Gasteiger charge is -2.40. The Kier molecular flexibility index (Phi) is 1.90. The summed E-state index contributed by atoms with van der Waals surface area (Å²) in [6.45, 7) is -14.0. The van der Waals surface area contributed by atoms with Crippen LogP contribution in [0.1, 0.15) is 38.5 Å². The van der Waals surface area contributed by atoms with Crippen molar-refractivity contribution >= 4 is 22.4 Å². The van der Waals surface area contributed by atoms with Crippen LogP contribution in [0.4, 0.5) is 0 Å². The Morgan fingerprint density at radius 2 is 2.29 bits per heavy atom. The lowest BCUT2D eigenvalue weighted by Crippen LogP contribution is -2.47. The first-order valence-corrected chi connectivity index (χ1v) is 7.84. The van der Waals surface area contributed by atoms with E-state index in [0.717, 1.165) is 27.6 Å². The molecule has 0 fully saturated rings. The van der Waals surface area contributed by atoms with Crippen LogP contribution in [0.2, 0.25) is 0 Å². The first-order chi connectivity index (χ1) is 15.5. The van der Waals surface area contributed by atoms with Crippen molar-refractivity contribution in [3.05, 3.63) is 41.6 Å². The third kappa shape index (κ3) is 2.20.